The van der Waals surface area contributed by atoms with Crippen LogP contribution in [0.2, 0.25) is 0 Å². The number of hydrogen-bond acceptors (Lipinski definition) is 6. The summed E-state index contributed by atoms with van der Waals surface area (Å²) in [6.45, 7) is 0.700. The van der Waals surface area contributed by atoms with Gasteiger partial charge in [0, 0.05) is 43.3 Å². The molecule has 0 unspecified atom stereocenters. The fourth-order valence-corrected chi connectivity index (χ4v) is 3.19. The number of nitrogens with zero attached hydrogens (tertiary/aromatic N) is 4. The molecule has 0 aromatic carbocycles. The lowest BCUT2D eigenvalue weighted by Gasteiger charge is -2.28. The average Bonchev–Trinajstić information content (AvgIpc) is 2.67. The number of hydrogen-bond donors (Lipinski definition) is 2. The van der Waals surface area contributed by atoms with Gasteiger partial charge in [-0.3, -0.25) is 9.78 Å². The van der Waals surface area contributed by atoms with E-state index in [0.29, 0.717) is 12.6 Å². The van der Waals surface area contributed by atoms with Crippen LogP contribution < -0.4 is 10.6 Å². The lowest BCUT2D eigenvalue weighted by atomic mass is 9.85. The predicted molar refractivity (Wildman–Crippen MR) is 94.8 cm³/mol. The molecule has 25 heavy (non-hydrogen) atoms. The molecule has 3 rings (SSSR count). The Morgan fingerprint density at radius 3 is 2.56 bits per heavy atom. The molecule has 7 heteroatoms. The molecule has 132 valence electrons. The van der Waals surface area contributed by atoms with E-state index in [0.717, 1.165) is 49.9 Å². The quantitative estimate of drug-likeness (QED) is 0.749. The van der Waals surface area contributed by atoms with Crippen molar-refractivity contribution in [2.75, 3.05) is 11.9 Å². The van der Waals surface area contributed by atoms with Crippen molar-refractivity contribution in [2.24, 2.45) is 5.92 Å². The van der Waals surface area contributed by atoms with E-state index in [2.05, 4.69) is 30.6 Å². The van der Waals surface area contributed by atoms with Crippen LogP contribution in [0.25, 0.3) is 0 Å². The van der Waals surface area contributed by atoms with Crippen molar-refractivity contribution in [3.8, 4) is 0 Å². The van der Waals surface area contributed by atoms with E-state index in [1.807, 2.05) is 12.4 Å². The van der Waals surface area contributed by atoms with Crippen LogP contribution in [0.1, 0.15) is 37.7 Å². The summed E-state index contributed by atoms with van der Waals surface area (Å²) < 4.78 is 0. The Morgan fingerprint density at radius 2 is 1.84 bits per heavy atom. The average molecular weight is 340 g/mol. The van der Waals surface area contributed by atoms with E-state index in [4.69, 9.17) is 0 Å². The Balaban J connectivity index is 1.33. The molecule has 1 aliphatic carbocycles. The third kappa shape index (κ3) is 5.48. The van der Waals surface area contributed by atoms with E-state index in [9.17, 15) is 4.79 Å². The topological polar surface area (TPSA) is 92.7 Å². The van der Waals surface area contributed by atoms with Crippen molar-refractivity contribution in [1.82, 2.24) is 25.3 Å². The van der Waals surface area contributed by atoms with Gasteiger partial charge in [-0.15, -0.1) is 0 Å². The molecular formula is C18H24N6O. The van der Waals surface area contributed by atoms with Crippen molar-refractivity contribution in [1.29, 1.82) is 0 Å². The van der Waals surface area contributed by atoms with E-state index in [1.165, 1.54) is 6.33 Å². The summed E-state index contributed by atoms with van der Waals surface area (Å²) in [6.07, 6.45) is 15.8. The molecule has 1 aliphatic rings. The standard InChI is InChI=1S/C18H24N6O/c25-18(23-7-1-2-14-10-20-13-21-11-14)15-3-5-16(6-4-15)24-17-12-19-8-9-22-17/h8-13,15-16H,1-7H2,(H,22,24)(H,23,25). The van der Waals surface area contributed by atoms with Crippen LogP contribution >= 0.6 is 0 Å². The number of carbonyl (C=O) groups is 1. The maximum Gasteiger partial charge on any atom is 0.223 e. The van der Waals surface area contributed by atoms with E-state index < -0.39 is 0 Å². The van der Waals surface area contributed by atoms with Crippen molar-refractivity contribution in [3.63, 3.8) is 0 Å². The molecule has 0 bridgehead atoms. The van der Waals surface area contributed by atoms with E-state index in [-0.39, 0.29) is 11.8 Å². The first-order valence-corrected chi connectivity index (χ1v) is 8.85. The van der Waals surface area contributed by atoms with Gasteiger partial charge in [-0.1, -0.05) is 0 Å². The molecule has 0 atom stereocenters. The Morgan fingerprint density at radius 1 is 1.04 bits per heavy atom. The van der Waals surface area contributed by atoms with Gasteiger partial charge < -0.3 is 10.6 Å². The summed E-state index contributed by atoms with van der Waals surface area (Å²) in [7, 11) is 0. The summed E-state index contributed by atoms with van der Waals surface area (Å²) >= 11 is 0. The minimum atomic E-state index is 0.125. The minimum Gasteiger partial charge on any atom is -0.366 e. The lowest BCUT2D eigenvalue weighted by molar-refractivity contribution is -0.125. The fraction of sp³-hybridized carbons (Fsp3) is 0.500. The first-order valence-electron chi connectivity index (χ1n) is 8.85. The van der Waals surface area contributed by atoms with Crippen LogP contribution in [-0.4, -0.2) is 38.4 Å². The number of rotatable bonds is 7. The summed E-state index contributed by atoms with van der Waals surface area (Å²) in [5.41, 5.74) is 1.10. The molecule has 1 amide bonds. The highest BCUT2D eigenvalue weighted by Crippen LogP contribution is 2.26. The summed E-state index contributed by atoms with van der Waals surface area (Å²) in [5.74, 6) is 1.11. The maximum absolute atomic E-state index is 12.3. The minimum absolute atomic E-state index is 0.125. The van der Waals surface area contributed by atoms with Gasteiger partial charge in [0.05, 0.1) is 6.20 Å². The first kappa shape index (κ1) is 17.3. The van der Waals surface area contributed by atoms with Gasteiger partial charge in [-0.25, -0.2) is 15.0 Å². The molecule has 2 heterocycles. The highest BCUT2D eigenvalue weighted by molar-refractivity contribution is 5.78. The van der Waals surface area contributed by atoms with Crippen molar-refractivity contribution in [3.05, 3.63) is 42.9 Å². The first-order chi connectivity index (χ1) is 12.3. The van der Waals surface area contributed by atoms with E-state index in [1.54, 1.807) is 18.6 Å². The van der Waals surface area contributed by atoms with E-state index >= 15 is 0 Å². The molecule has 0 aliphatic heterocycles. The van der Waals surface area contributed by atoms with Gasteiger partial charge in [0.15, 0.2) is 0 Å². The van der Waals surface area contributed by atoms with Crippen molar-refractivity contribution >= 4 is 11.7 Å². The number of carbonyl (C=O) groups excluding carboxylic acids is 1. The monoisotopic (exact) mass is 340 g/mol. The molecule has 2 aromatic rings. The molecule has 1 saturated carbocycles. The fourth-order valence-electron chi connectivity index (χ4n) is 3.19. The Hall–Kier alpha value is -2.57. The van der Waals surface area contributed by atoms with Crippen LogP contribution in [-0.2, 0) is 11.2 Å². The van der Waals surface area contributed by atoms with Gasteiger partial charge in [-0.05, 0) is 44.1 Å². The SMILES string of the molecule is O=C(NCCCc1cncnc1)C1CCC(Nc2cnccn2)CC1. The second-order valence-corrected chi connectivity index (χ2v) is 6.42. The third-order valence-corrected chi connectivity index (χ3v) is 4.57. The van der Waals surface area contributed by atoms with Gasteiger partial charge in [0.25, 0.3) is 0 Å². The van der Waals surface area contributed by atoms with Gasteiger partial charge in [0.2, 0.25) is 5.91 Å². The molecule has 1 fully saturated rings. The normalized spacial score (nSPS) is 20.0. The Bertz CT molecular complexity index is 643. The summed E-state index contributed by atoms with van der Waals surface area (Å²) in [5, 5.41) is 6.46. The number of aryl methyl sites for hydroxylation is 1. The maximum atomic E-state index is 12.3. The molecule has 2 aromatic heterocycles. The Kier molecular flexibility index (Phi) is 6.25. The smallest absolute Gasteiger partial charge is 0.223 e. The number of nitrogens with one attached hydrogen (secondary N) is 2. The zero-order valence-electron chi connectivity index (χ0n) is 14.3. The molecule has 0 radical (unpaired) electrons. The zero-order chi connectivity index (χ0) is 17.3. The number of amides is 1. The lowest BCUT2D eigenvalue weighted by Crippen LogP contribution is -2.36. The highest BCUT2D eigenvalue weighted by Gasteiger charge is 2.26. The molecule has 2 N–H and O–H groups in total. The van der Waals surface area contributed by atoms with Gasteiger partial charge in [0.1, 0.15) is 12.1 Å². The van der Waals surface area contributed by atoms with Gasteiger partial charge in [-0.2, -0.15) is 0 Å². The predicted octanol–water partition coefficient (Wildman–Crippen LogP) is 1.99. The van der Waals surface area contributed by atoms with Gasteiger partial charge >= 0.3 is 0 Å². The molecular weight excluding hydrogens is 316 g/mol. The molecule has 0 spiro atoms. The summed E-state index contributed by atoms with van der Waals surface area (Å²) in [6, 6.07) is 0.374. The van der Waals surface area contributed by atoms with Crippen LogP contribution in [0.4, 0.5) is 5.82 Å². The van der Waals surface area contributed by atoms with Crippen molar-refractivity contribution < 1.29 is 4.79 Å². The second kappa shape index (κ2) is 9.05. The van der Waals surface area contributed by atoms with Crippen LogP contribution in [0.5, 0.6) is 0 Å². The highest BCUT2D eigenvalue weighted by atomic mass is 16.1. The molecule has 0 saturated heterocycles. The third-order valence-electron chi connectivity index (χ3n) is 4.57. The number of anilines is 1. The zero-order valence-corrected chi connectivity index (χ0v) is 14.3. The van der Waals surface area contributed by atoms with Crippen LogP contribution in [0.3, 0.4) is 0 Å². The number of aromatic nitrogens is 4. The molecule has 7 nitrogen and oxygen atoms in total. The van der Waals surface area contributed by atoms with Crippen molar-refractivity contribution in [2.45, 2.75) is 44.6 Å². The second-order valence-electron chi connectivity index (χ2n) is 6.42. The van der Waals surface area contributed by atoms with Crippen LogP contribution in [0, 0.1) is 5.92 Å². The Labute approximate surface area is 147 Å². The largest absolute Gasteiger partial charge is 0.366 e. The van der Waals surface area contributed by atoms with Crippen LogP contribution in [0.15, 0.2) is 37.3 Å². The summed E-state index contributed by atoms with van der Waals surface area (Å²) in [4.78, 5) is 28.6.